The average molecular weight is 132 g/mol. The van der Waals surface area contributed by atoms with Gasteiger partial charge in [0.1, 0.15) is 20.0 Å². The van der Waals surface area contributed by atoms with Crippen LogP contribution in [0.25, 0.3) is 0 Å². The van der Waals surface area contributed by atoms with E-state index in [0.717, 1.165) is 0 Å². The van der Waals surface area contributed by atoms with E-state index in [9.17, 15) is 4.79 Å². The Hall–Kier alpha value is -1.26. The van der Waals surface area contributed by atoms with Crippen LogP contribution in [-0.2, 0) is 9.63 Å². The maximum atomic E-state index is 9.80. The number of oxime groups is 1. The van der Waals surface area contributed by atoms with E-state index in [0.29, 0.717) is 0 Å². The first kappa shape index (κ1) is 7.74. The van der Waals surface area contributed by atoms with Crippen molar-refractivity contribution in [3.8, 4) is 0 Å². The lowest BCUT2D eigenvalue weighted by atomic mass is 10.7. The quantitative estimate of drug-likeness (QED) is 0.300. The minimum atomic E-state index is -0.933. The molecule has 0 saturated carbocycles. The van der Waals surface area contributed by atoms with Gasteiger partial charge in [-0.05, 0) is 0 Å². The van der Waals surface area contributed by atoms with Gasteiger partial charge in [-0.2, -0.15) is 0 Å². The van der Waals surface area contributed by atoms with Gasteiger partial charge in [0.05, 0.1) is 0 Å². The van der Waals surface area contributed by atoms with E-state index in [2.05, 4.69) is 15.3 Å². The number of carboxylic acid groups (broad SMARTS) is 1. The molecule has 0 bridgehead atoms. The highest BCUT2D eigenvalue weighted by molar-refractivity contribution is 5.72. The second kappa shape index (κ2) is 4.89. The SMILES string of the molecule is CON=CNCC(=O)O. The van der Waals surface area contributed by atoms with Crippen LogP contribution < -0.4 is 5.32 Å². The lowest BCUT2D eigenvalue weighted by molar-refractivity contribution is -0.135. The molecule has 0 aromatic heterocycles. The molecule has 0 aliphatic carbocycles. The molecule has 0 rings (SSSR count). The number of nitrogens with one attached hydrogen (secondary N) is 1. The third-order valence-electron chi connectivity index (χ3n) is 0.503. The van der Waals surface area contributed by atoms with E-state index in [-0.39, 0.29) is 6.54 Å². The summed E-state index contributed by atoms with van der Waals surface area (Å²) in [6.07, 6.45) is 1.17. The molecule has 0 radical (unpaired) electrons. The Bertz CT molecular complexity index is 112. The summed E-state index contributed by atoms with van der Waals surface area (Å²) in [5.74, 6) is -0.933. The van der Waals surface area contributed by atoms with Crippen molar-refractivity contribution in [3.63, 3.8) is 0 Å². The zero-order chi connectivity index (χ0) is 7.11. The van der Waals surface area contributed by atoms with E-state index >= 15 is 0 Å². The molecule has 0 spiro atoms. The molecule has 0 aliphatic rings. The first-order valence-electron chi connectivity index (χ1n) is 2.27. The molecule has 9 heavy (non-hydrogen) atoms. The molecule has 2 N–H and O–H groups in total. The van der Waals surface area contributed by atoms with Crippen molar-refractivity contribution in [2.45, 2.75) is 0 Å². The summed E-state index contributed by atoms with van der Waals surface area (Å²) < 4.78 is 0. The standard InChI is InChI=1S/C4H8N2O3/c1-9-6-3-5-2-4(7)8/h3H,2H2,1H3,(H,5,6)(H,7,8). The van der Waals surface area contributed by atoms with Crippen molar-refractivity contribution in [2.24, 2.45) is 5.16 Å². The van der Waals surface area contributed by atoms with Gasteiger partial charge in [-0.3, -0.25) is 4.79 Å². The molecule has 0 fully saturated rings. The molecule has 0 atom stereocenters. The molecular weight excluding hydrogens is 124 g/mol. The van der Waals surface area contributed by atoms with Crippen LogP contribution >= 0.6 is 0 Å². The van der Waals surface area contributed by atoms with Crippen molar-refractivity contribution in [1.29, 1.82) is 0 Å². The molecule has 52 valence electrons. The summed E-state index contributed by atoms with van der Waals surface area (Å²) >= 11 is 0. The third kappa shape index (κ3) is 6.74. The number of rotatable bonds is 4. The summed E-state index contributed by atoms with van der Waals surface area (Å²) in [5, 5.41) is 13.7. The largest absolute Gasteiger partial charge is 0.480 e. The van der Waals surface area contributed by atoms with E-state index < -0.39 is 5.97 Å². The molecule has 0 saturated heterocycles. The molecule has 0 amide bonds. The van der Waals surface area contributed by atoms with Gasteiger partial charge in [0, 0.05) is 0 Å². The summed E-state index contributed by atoms with van der Waals surface area (Å²) in [6, 6.07) is 0. The molecule has 0 aromatic rings. The van der Waals surface area contributed by atoms with Crippen LogP contribution in [0.1, 0.15) is 0 Å². The predicted molar refractivity (Wildman–Crippen MR) is 31.1 cm³/mol. The number of hydrogen-bond acceptors (Lipinski definition) is 3. The van der Waals surface area contributed by atoms with E-state index in [1.165, 1.54) is 13.4 Å². The smallest absolute Gasteiger partial charge is 0.322 e. The van der Waals surface area contributed by atoms with Crippen molar-refractivity contribution in [2.75, 3.05) is 13.7 Å². The Morgan fingerprint density at radius 1 is 2.00 bits per heavy atom. The van der Waals surface area contributed by atoms with Crippen molar-refractivity contribution in [3.05, 3.63) is 0 Å². The topological polar surface area (TPSA) is 70.9 Å². The summed E-state index contributed by atoms with van der Waals surface area (Å²) in [6.45, 7) is -0.146. The van der Waals surface area contributed by atoms with Crippen LogP contribution in [0.15, 0.2) is 5.16 Å². The Balaban J connectivity index is 3.09. The first-order chi connectivity index (χ1) is 4.27. The van der Waals surface area contributed by atoms with Crippen LogP contribution in [0.5, 0.6) is 0 Å². The first-order valence-corrected chi connectivity index (χ1v) is 2.27. The minimum absolute atomic E-state index is 0.146. The number of hydrogen-bond donors (Lipinski definition) is 2. The molecule has 0 aliphatic heterocycles. The van der Waals surface area contributed by atoms with Crippen LogP contribution in [0, 0.1) is 0 Å². The van der Waals surface area contributed by atoms with Gasteiger partial charge in [-0.1, -0.05) is 5.16 Å². The van der Waals surface area contributed by atoms with E-state index in [4.69, 9.17) is 5.11 Å². The van der Waals surface area contributed by atoms with Gasteiger partial charge in [0.15, 0.2) is 0 Å². The van der Waals surface area contributed by atoms with Gasteiger partial charge in [0.2, 0.25) is 0 Å². The molecule has 0 aromatic carbocycles. The summed E-state index contributed by atoms with van der Waals surface area (Å²) in [5.41, 5.74) is 0. The summed E-state index contributed by atoms with van der Waals surface area (Å²) in [4.78, 5) is 14.0. The van der Waals surface area contributed by atoms with Gasteiger partial charge in [0.25, 0.3) is 0 Å². The number of aliphatic carboxylic acids is 1. The second-order valence-corrected chi connectivity index (χ2v) is 1.19. The van der Waals surface area contributed by atoms with Gasteiger partial charge in [-0.25, -0.2) is 0 Å². The second-order valence-electron chi connectivity index (χ2n) is 1.19. The fraction of sp³-hybridized carbons (Fsp3) is 0.500. The maximum absolute atomic E-state index is 9.80. The van der Waals surface area contributed by atoms with Crippen LogP contribution in [0.4, 0.5) is 0 Å². The molecule has 0 heterocycles. The number of carboxylic acids is 1. The monoisotopic (exact) mass is 132 g/mol. The van der Waals surface area contributed by atoms with Crippen molar-refractivity contribution in [1.82, 2.24) is 5.32 Å². The van der Waals surface area contributed by atoms with Crippen molar-refractivity contribution < 1.29 is 14.7 Å². The van der Waals surface area contributed by atoms with E-state index in [1.54, 1.807) is 0 Å². The molecular formula is C4H8N2O3. The van der Waals surface area contributed by atoms with Crippen LogP contribution in [0.2, 0.25) is 0 Å². The Morgan fingerprint density at radius 3 is 3.11 bits per heavy atom. The van der Waals surface area contributed by atoms with E-state index in [1.807, 2.05) is 0 Å². The predicted octanol–water partition coefficient (Wildman–Crippen LogP) is -0.750. The lowest BCUT2D eigenvalue weighted by Crippen LogP contribution is -2.20. The highest BCUT2D eigenvalue weighted by atomic mass is 16.6. The Morgan fingerprint density at radius 2 is 2.67 bits per heavy atom. The van der Waals surface area contributed by atoms with Gasteiger partial charge < -0.3 is 15.3 Å². The average Bonchev–Trinajstić information content (AvgIpc) is 1.80. The number of nitrogens with zero attached hydrogens (tertiary/aromatic N) is 1. The zero-order valence-electron chi connectivity index (χ0n) is 5.00. The fourth-order valence-corrected chi connectivity index (χ4v) is 0.223. The van der Waals surface area contributed by atoms with Gasteiger partial charge in [-0.15, -0.1) is 0 Å². The zero-order valence-corrected chi connectivity index (χ0v) is 5.00. The molecule has 0 unspecified atom stereocenters. The molecule has 5 heteroatoms. The highest BCUT2D eigenvalue weighted by Crippen LogP contribution is 1.60. The fourth-order valence-electron chi connectivity index (χ4n) is 0.223. The highest BCUT2D eigenvalue weighted by Gasteiger charge is 1.88. The Labute approximate surface area is 52.3 Å². The minimum Gasteiger partial charge on any atom is -0.480 e. The third-order valence-corrected chi connectivity index (χ3v) is 0.503. The lowest BCUT2D eigenvalue weighted by Gasteiger charge is -1.90. The Kier molecular flexibility index (Phi) is 4.20. The maximum Gasteiger partial charge on any atom is 0.322 e. The molecule has 5 nitrogen and oxygen atoms in total. The van der Waals surface area contributed by atoms with Gasteiger partial charge >= 0.3 is 5.97 Å². The van der Waals surface area contributed by atoms with Crippen molar-refractivity contribution >= 4 is 12.3 Å². The summed E-state index contributed by atoms with van der Waals surface area (Å²) in [7, 11) is 1.37. The number of carbonyl (C=O) groups is 1. The normalized spacial score (nSPS) is 9.44. The van der Waals surface area contributed by atoms with Crippen LogP contribution in [0.3, 0.4) is 0 Å². The van der Waals surface area contributed by atoms with Crippen LogP contribution in [-0.4, -0.2) is 31.1 Å².